The van der Waals surface area contributed by atoms with Crippen LogP contribution in [0.4, 0.5) is 0 Å². The lowest BCUT2D eigenvalue weighted by atomic mass is 10.2. The molecule has 0 saturated carbocycles. The van der Waals surface area contributed by atoms with Crippen molar-refractivity contribution in [2.45, 2.75) is 0 Å². The summed E-state index contributed by atoms with van der Waals surface area (Å²) in [5, 5.41) is 2.81. The number of ether oxygens (including phenoxy) is 2. The van der Waals surface area contributed by atoms with Crippen molar-refractivity contribution in [2.75, 3.05) is 20.3 Å². The second-order valence-electron chi connectivity index (χ2n) is 4.24. The van der Waals surface area contributed by atoms with Gasteiger partial charge in [-0.3, -0.25) is 4.79 Å². The molecule has 0 bridgehead atoms. The molecular weight excluding hydrogens is 334 g/mol. The Kier molecular flexibility index (Phi) is 5.63. The molecule has 21 heavy (non-hydrogen) atoms. The van der Waals surface area contributed by atoms with Gasteiger partial charge in [-0.2, -0.15) is 0 Å². The third kappa shape index (κ3) is 4.23. The van der Waals surface area contributed by atoms with Crippen molar-refractivity contribution in [1.29, 1.82) is 0 Å². The summed E-state index contributed by atoms with van der Waals surface area (Å²) in [6, 6.07) is 14.7. The van der Waals surface area contributed by atoms with Crippen LogP contribution in [-0.4, -0.2) is 26.2 Å². The molecule has 2 aromatic carbocycles. The molecule has 1 N–H and O–H groups in total. The van der Waals surface area contributed by atoms with Crippen LogP contribution in [-0.2, 0) is 0 Å². The van der Waals surface area contributed by atoms with Crippen LogP contribution in [0.3, 0.4) is 0 Å². The van der Waals surface area contributed by atoms with Gasteiger partial charge in [-0.05, 0) is 40.2 Å². The van der Waals surface area contributed by atoms with Crippen LogP contribution in [0.5, 0.6) is 11.5 Å². The van der Waals surface area contributed by atoms with Crippen molar-refractivity contribution < 1.29 is 14.3 Å². The van der Waals surface area contributed by atoms with Crippen molar-refractivity contribution in [3.63, 3.8) is 0 Å². The van der Waals surface area contributed by atoms with Gasteiger partial charge in [0, 0.05) is 4.47 Å². The van der Waals surface area contributed by atoms with Crippen LogP contribution >= 0.6 is 15.9 Å². The Labute approximate surface area is 132 Å². The van der Waals surface area contributed by atoms with Crippen molar-refractivity contribution in [3.8, 4) is 11.5 Å². The van der Waals surface area contributed by atoms with Gasteiger partial charge in [-0.15, -0.1) is 0 Å². The zero-order valence-electron chi connectivity index (χ0n) is 11.6. The molecule has 0 spiro atoms. The Morgan fingerprint density at radius 1 is 1.10 bits per heavy atom. The summed E-state index contributed by atoms with van der Waals surface area (Å²) in [7, 11) is 1.59. The van der Waals surface area contributed by atoms with Crippen molar-refractivity contribution >= 4 is 21.8 Å². The number of nitrogens with one attached hydrogen (secondary N) is 1. The maximum absolute atomic E-state index is 12.0. The van der Waals surface area contributed by atoms with Gasteiger partial charge in [0.25, 0.3) is 5.91 Å². The van der Waals surface area contributed by atoms with E-state index in [2.05, 4.69) is 21.2 Å². The molecule has 0 fully saturated rings. The molecule has 4 nitrogen and oxygen atoms in total. The molecule has 2 aromatic rings. The molecule has 0 aromatic heterocycles. The number of hydrogen-bond donors (Lipinski definition) is 1. The van der Waals surface area contributed by atoms with Gasteiger partial charge in [0.2, 0.25) is 0 Å². The molecule has 0 aliphatic heterocycles. The number of hydrogen-bond acceptors (Lipinski definition) is 3. The molecule has 0 radical (unpaired) electrons. The Morgan fingerprint density at radius 2 is 1.76 bits per heavy atom. The van der Waals surface area contributed by atoms with Crippen LogP contribution in [0.25, 0.3) is 0 Å². The van der Waals surface area contributed by atoms with Gasteiger partial charge in [0.1, 0.15) is 6.61 Å². The largest absolute Gasteiger partial charge is 0.493 e. The Morgan fingerprint density at radius 3 is 2.48 bits per heavy atom. The van der Waals surface area contributed by atoms with Gasteiger partial charge in [0.15, 0.2) is 11.5 Å². The third-order valence-corrected chi connectivity index (χ3v) is 3.52. The first-order valence-corrected chi connectivity index (χ1v) is 7.30. The number of methoxy groups -OCH3 is 1. The highest BCUT2D eigenvalue weighted by Gasteiger charge is 2.08. The fourth-order valence-electron chi connectivity index (χ4n) is 1.80. The molecular formula is C16H16BrNO3. The van der Waals surface area contributed by atoms with Crippen LogP contribution in [0.2, 0.25) is 0 Å². The lowest BCUT2D eigenvalue weighted by molar-refractivity contribution is 0.0946. The lowest BCUT2D eigenvalue weighted by Gasteiger charge is -2.11. The van der Waals surface area contributed by atoms with Gasteiger partial charge in [-0.25, -0.2) is 0 Å². The van der Waals surface area contributed by atoms with E-state index in [-0.39, 0.29) is 5.91 Å². The number of benzene rings is 2. The van der Waals surface area contributed by atoms with Gasteiger partial charge >= 0.3 is 0 Å². The number of carbonyl (C=O) groups excluding carboxylic acids is 1. The minimum Gasteiger partial charge on any atom is -0.493 e. The Bertz CT molecular complexity index is 616. The average molecular weight is 350 g/mol. The van der Waals surface area contributed by atoms with E-state index in [0.717, 1.165) is 4.47 Å². The third-order valence-electron chi connectivity index (χ3n) is 2.83. The number of halogens is 1. The van der Waals surface area contributed by atoms with Crippen LogP contribution < -0.4 is 14.8 Å². The topological polar surface area (TPSA) is 47.6 Å². The molecule has 1 amide bonds. The first-order chi connectivity index (χ1) is 10.2. The zero-order valence-corrected chi connectivity index (χ0v) is 13.2. The molecule has 0 saturated heterocycles. The maximum Gasteiger partial charge on any atom is 0.252 e. The first kappa shape index (κ1) is 15.4. The van der Waals surface area contributed by atoms with Crippen LogP contribution in [0.1, 0.15) is 10.4 Å². The van der Waals surface area contributed by atoms with E-state index in [4.69, 9.17) is 9.47 Å². The van der Waals surface area contributed by atoms with E-state index < -0.39 is 0 Å². The standard InChI is InChI=1S/C16H16BrNO3/c1-20-14-8-4-5-9-15(14)21-11-10-18-16(19)12-6-2-3-7-13(12)17/h2-9H,10-11H2,1H3,(H,18,19). The molecule has 0 atom stereocenters. The fraction of sp³-hybridized carbons (Fsp3) is 0.188. The van der Waals surface area contributed by atoms with Gasteiger partial charge < -0.3 is 14.8 Å². The Balaban J connectivity index is 1.82. The molecule has 110 valence electrons. The van der Waals surface area contributed by atoms with E-state index >= 15 is 0 Å². The highest BCUT2D eigenvalue weighted by molar-refractivity contribution is 9.10. The summed E-state index contributed by atoms with van der Waals surface area (Å²) in [6.07, 6.45) is 0. The highest BCUT2D eigenvalue weighted by atomic mass is 79.9. The predicted molar refractivity (Wildman–Crippen MR) is 85.0 cm³/mol. The number of para-hydroxylation sites is 2. The summed E-state index contributed by atoms with van der Waals surface area (Å²) in [4.78, 5) is 12.0. The van der Waals surface area contributed by atoms with Crippen molar-refractivity contribution in [2.24, 2.45) is 0 Å². The van der Waals surface area contributed by atoms with Gasteiger partial charge in [0.05, 0.1) is 19.2 Å². The van der Waals surface area contributed by atoms with Gasteiger partial charge in [-0.1, -0.05) is 24.3 Å². The monoisotopic (exact) mass is 349 g/mol. The normalized spacial score (nSPS) is 10.0. The van der Waals surface area contributed by atoms with E-state index in [9.17, 15) is 4.79 Å². The van der Waals surface area contributed by atoms with E-state index in [1.807, 2.05) is 42.5 Å². The minimum absolute atomic E-state index is 0.133. The van der Waals surface area contributed by atoms with E-state index in [0.29, 0.717) is 30.2 Å². The smallest absolute Gasteiger partial charge is 0.252 e. The molecule has 0 unspecified atom stereocenters. The summed E-state index contributed by atoms with van der Waals surface area (Å²) < 4.78 is 11.6. The summed E-state index contributed by atoms with van der Waals surface area (Å²) >= 11 is 3.35. The molecule has 2 rings (SSSR count). The van der Waals surface area contributed by atoms with Crippen LogP contribution in [0, 0.1) is 0 Å². The Hall–Kier alpha value is -2.01. The van der Waals surface area contributed by atoms with E-state index in [1.54, 1.807) is 13.2 Å². The second-order valence-corrected chi connectivity index (χ2v) is 5.09. The maximum atomic E-state index is 12.0. The predicted octanol–water partition coefficient (Wildman–Crippen LogP) is 3.27. The zero-order chi connectivity index (χ0) is 15.1. The number of amides is 1. The minimum atomic E-state index is -0.133. The second kappa shape index (κ2) is 7.69. The summed E-state index contributed by atoms with van der Waals surface area (Å²) in [5.41, 5.74) is 0.606. The van der Waals surface area contributed by atoms with Crippen molar-refractivity contribution in [3.05, 3.63) is 58.6 Å². The number of rotatable bonds is 6. The van der Waals surface area contributed by atoms with Crippen molar-refractivity contribution in [1.82, 2.24) is 5.32 Å². The fourth-order valence-corrected chi connectivity index (χ4v) is 2.27. The first-order valence-electron chi connectivity index (χ1n) is 6.51. The van der Waals surface area contributed by atoms with Crippen LogP contribution in [0.15, 0.2) is 53.0 Å². The molecule has 0 aliphatic rings. The summed E-state index contributed by atoms with van der Waals surface area (Å²) in [6.45, 7) is 0.786. The molecule has 5 heteroatoms. The highest BCUT2D eigenvalue weighted by Crippen LogP contribution is 2.25. The molecule has 0 heterocycles. The van der Waals surface area contributed by atoms with E-state index in [1.165, 1.54) is 0 Å². The molecule has 0 aliphatic carbocycles. The quantitative estimate of drug-likeness (QED) is 0.814. The summed E-state index contributed by atoms with van der Waals surface area (Å²) in [5.74, 6) is 1.20. The average Bonchev–Trinajstić information content (AvgIpc) is 2.52. The lowest BCUT2D eigenvalue weighted by Crippen LogP contribution is -2.28. The SMILES string of the molecule is COc1ccccc1OCCNC(=O)c1ccccc1Br. The number of carbonyl (C=O) groups is 1.